The number of fused-ring (bicyclic) bond motifs is 2. The molecule has 1 aromatic carbocycles. The molecule has 0 bridgehead atoms. The van der Waals surface area contributed by atoms with Crippen LogP contribution < -0.4 is 0 Å². The molecule has 0 amide bonds. The Morgan fingerprint density at radius 3 is 2.93 bits per heavy atom. The van der Waals surface area contributed by atoms with E-state index in [4.69, 9.17) is 4.74 Å². The zero-order valence-corrected chi connectivity index (χ0v) is 9.67. The van der Waals surface area contributed by atoms with Crippen molar-refractivity contribution in [3.63, 3.8) is 0 Å². The van der Waals surface area contributed by atoms with Crippen molar-refractivity contribution in [3.8, 4) is 0 Å². The van der Waals surface area contributed by atoms with Gasteiger partial charge in [0.05, 0.1) is 6.61 Å². The van der Waals surface area contributed by atoms with E-state index in [2.05, 4.69) is 46.1 Å². The summed E-state index contributed by atoms with van der Waals surface area (Å²) in [7, 11) is 2.13. The van der Waals surface area contributed by atoms with Gasteiger partial charge in [-0.05, 0) is 30.3 Å². The molecule has 1 spiro atoms. The molecule has 1 saturated heterocycles. The average molecular weight is 254 g/mol. The van der Waals surface area contributed by atoms with Gasteiger partial charge in [-0.2, -0.15) is 0 Å². The minimum absolute atomic E-state index is 0.0186. The Hall–Kier alpha value is -0.380. The van der Waals surface area contributed by atoms with Gasteiger partial charge in [-0.15, -0.1) is 0 Å². The highest BCUT2D eigenvalue weighted by atomic mass is 79.9. The molecule has 0 aromatic heterocycles. The fourth-order valence-corrected chi connectivity index (χ4v) is 2.92. The first-order valence-corrected chi connectivity index (χ1v) is 5.60. The molecule has 3 heteroatoms. The smallest absolute Gasteiger partial charge is 0.119 e. The molecule has 0 N–H and O–H groups in total. The van der Waals surface area contributed by atoms with E-state index in [9.17, 15) is 0 Å². The molecule has 2 heterocycles. The molecular weight excluding hydrogens is 242 g/mol. The highest BCUT2D eigenvalue weighted by Gasteiger charge is 2.48. The first-order valence-electron chi connectivity index (χ1n) is 4.81. The summed E-state index contributed by atoms with van der Waals surface area (Å²) < 4.78 is 7.05. The Morgan fingerprint density at radius 1 is 1.43 bits per heavy atom. The van der Waals surface area contributed by atoms with E-state index in [1.807, 2.05) is 0 Å². The molecule has 1 fully saturated rings. The van der Waals surface area contributed by atoms with Gasteiger partial charge in [0.15, 0.2) is 0 Å². The average Bonchev–Trinajstić information content (AvgIpc) is 2.44. The zero-order chi connectivity index (χ0) is 9.76. The number of nitrogens with zero attached hydrogens (tertiary/aromatic N) is 1. The lowest BCUT2D eigenvalue weighted by atomic mass is 9.86. The molecule has 2 aliphatic heterocycles. The van der Waals surface area contributed by atoms with Crippen LogP contribution in [0.1, 0.15) is 11.1 Å². The van der Waals surface area contributed by atoms with Crippen LogP contribution in [0, 0.1) is 0 Å². The molecule has 0 unspecified atom stereocenters. The van der Waals surface area contributed by atoms with Gasteiger partial charge in [-0.1, -0.05) is 22.0 Å². The van der Waals surface area contributed by atoms with Gasteiger partial charge in [-0.25, -0.2) is 0 Å². The van der Waals surface area contributed by atoms with E-state index < -0.39 is 0 Å². The molecule has 0 radical (unpaired) electrons. The first-order chi connectivity index (χ1) is 6.70. The number of halogens is 1. The van der Waals surface area contributed by atoms with E-state index >= 15 is 0 Å². The van der Waals surface area contributed by atoms with Crippen molar-refractivity contribution < 1.29 is 4.74 Å². The Labute approximate surface area is 92.0 Å². The second kappa shape index (κ2) is 2.81. The van der Waals surface area contributed by atoms with Gasteiger partial charge in [0.1, 0.15) is 5.60 Å². The van der Waals surface area contributed by atoms with E-state index in [-0.39, 0.29) is 5.60 Å². The minimum Gasteiger partial charge on any atom is -0.363 e. The van der Waals surface area contributed by atoms with Gasteiger partial charge in [-0.3, -0.25) is 4.90 Å². The number of hydrogen-bond acceptors (Lipinski definition) is 2. The number of likely N-dealkylation sites (tertiary alicyclic amines) is 1. The first kappa shape index (κ1) is 8.89. The van der Waals surface area contributed by atoms with Crippen LogP contribution in [-0.2, 0) is 16.9 Å². The second-order valence-electron chi connectivity index (χ2n) is 4.26. The van der Waals surface area contributed by atoms with Crippen LogP contribution in [0.25, 0.3) is 0 Å². The van der Waals surface area contributed by atoms with Crippen LogP contribution in [0.5, 0.6) is 0 Å². The molecular formula is C11H12BrNO. The molecule has 0 saturated carbocycles. The topological polar surface area (TPSA) is 12.5 Å². The van der Waals surface area contributed by atoms with Gasteiger partial charge < -0.3 is 4.74 Å². The molecule has 74 valence electrons. The summed E-state index contributed by atoms with van der Waals surface area (Å²) in [5.41, 5.74) is 2.75. The van der Waals surface area contributed by atoms with Crippen molar-refractivity contribution in [1.29, 1.82) is 0 Å². The van der Waals surface area contributed by atoms with Crippen molar-refractivity contribution in [1.82, 2.24) is 4.90 Å². The fraction of sp³-hybridized carbons (Fsp3) is 0.455. The SMILES string of the molecule is CN1CC2(C1)OCc1cc(Br)ccc12. The van der Waals surface area contributed by atoms with Crippen LogP contribution in [0.15, 0.2) is 22.7 Å². The highest BCUT2D eigenvalue weighted by molar-refractivity contribution is 9.10. The number of hydrogen-bond donors (Lipinski definition) is 0. The molecule has 2 nitrogen and oxygen atoms in total. The number of benzene rings is 1. The minimum atomic E-state index is 0.0186. The van der Waals surface area contributed by atoms with Crippen molar-refractivity contribution >= 4 is 15.9 Å². The third-order valence-electron chi connectivity index (χ3n) is 3.11. The Bertz CT molecular complexity index is 385. The van der Waals surface area contributed by atoms with Crippen molar-refractivity contribution in [2.45, 2.75) is 12.2 Å². The Kier molecular flexibility index (Phi) is 1.79. The highest BCUT2D eigenvalue weighted by Crippen LogP contribution is 2.43. The van der Waals surface area contributed by atoms with Crippen LogP contribution in [0.2, 0.25) is 0 Å². The van der Waals surface area contributed by atoms with E-state index in [1.54, 1.807) is 0 Å². The van der Waals surface area contributed by atoms with Crippen LogP contribution in [0.3, 0.4) is 0 Å². The van der Waals surface area contributed by atoms with Crippen molar-refractivity contribution in [2.75, 3.05) is 20.1 Å². The number of rotatable bonds is 0. The van der Waals surface area contributed by atoms with Gasteiger partial charge >= 0.3 is 0 Å². The summed E-state index contributed by atoms with van der Waals surface area (Å²) in [6.07, 6.45) is 0. The largest absolute Gasteiger partial charge is 0.363 e. The Morgan fingerprint density at radius 2 is 2.21 bits per heavy atom. The maximum atomic E-state index is 5.91. The standard InChI is InChI=1S/C11H12BrNO/c1-13-6-11(7-13)10-3-2-9(12)4-8(10)5-14-11/h2-4H,5-7H2,1H3. The third kappa shape index (κ3) is 1.09. The summed E-state index contributed by atoms with van der Waals surface area (Å²) >= 11 is 3.49. The van der Waals surface area contributed by atoms with Gasteiger partial charge in [0.2, 0.25) is 0 Å². The predicted molar refractivity (Wildman–Crippen MR) is 58.1 cm³/mol. The molecule has 0 atom stereocenters. The zero-order valence-electron chi connectivity index (χ0n) is 8.09. The van der Waals surface area contributed by atoms with Crippen molar-refractivity contribution in [3.05, 3.63) is 33.8 Å². The number of ether oxygens (including phenoxy) is 1. The second-order valence-corrected chi connectivity index (χ2v) is 5.17. The van der Waals surface area contributed by atoms with Crippen LogP contribution in [0.4, 0.5) is 0 Å². The lowest BCUT2D eigenvalue weighted by Gasteiger charge is -2.45. The van der Waals surface area contributed by atoms with Crippen LogP contribution >= 0.6 is 15.9 Å². The third-order valence-corrected chi connectivity index (χ3v) is 3.61. The quantitative estimate of drug-likeness (QED) is 0.703. The van der Waals surface area contributed by atoms with Gasteiger partial charge in [0.25, 0.3) is 0 Å². The normalized spacial score (nSPS) is 23.6. The molecule has 14 heavy (non-hydrogen) atoms. The predicted octanol–water partition coefficient (Wildman–Crippen LogP) is 2.12. The lowest BCUT2D eigenvalue weighted by Crippen LogP contribution is -2.57. The summed E-state index contributed by atoms with van der Waals surface area (Å²) in [4.78, 5) is 2.29. The fourth-order valence-electron chi connectivity index (χ4n) is 2.51. The summed E-state index contributed by atoms with van der Waals surface area (Å²) in [6, 6.07) is 6.47. The van der Waals surface area contributed by atoms with E-state index in [0.29, 0.717) is 0 Å². The van der Waals surface area contributed by atoms with Crippen molar-refractivity contribution in [2.24, 2.45) is 0 Å². The summed E-state index contributed by atoms with van der Waals surface area (Å²) in [5.74, 6) is 0. The Balaban J connectivity index is 2.03. The molecule has 0 aliphatic carbocycles. The molecule has 2 aliphatic rings. The maximum Gasteiger partial charge on any atom is 0.119 e. The van der Waals surface area contributed by atoms with E-state index in [0.717, 1.165) is 24.2 Å². The summed E-state index contributed by atoms with van der Waals surface area (Å²) in [5, 5.41) is 0. The monoisotopic (exact) mass is 253 g/mol. The molecule has 1 aromatic rings. The number of likely N-dealkylation sites (N-methyl/N-ethyl adjacent to an activating group) is 1. The summed E-state index contributed by atoms with van der Waals surface area (Å²) in [6.45, 7) is 2.83. The lowest BCUT2D eigenvalue weighted by molar-refractivity contribution is -0.132. The molecule has 3 rings (SSSR count). The van der Waals surface area contributed by atoms with Gasteiger partial charge in [0, 0.05) is 17.6 Å². The van der Waals surface area contributed by atoms with E-state index in [1.165, 1.54) is 11.1 Å². The maximum absolute atomic E-state index is 5.91. The van der Waals surface area contributed by atoms with Crippen LogP contribution in [-0.4, -0.2) is 25.0 Å².